The summed E-state index contributed by atoms with van der Waals surface area (Å²) in [5, 5.41) is 0.573. The normalized spacial score (nSPS) is 15.4. The maximum Gasteiger partial charge on any atom is 0.338 e. The van der Waals surface area contributed by atoms with Gasteiger partial charge in [-0.15, -0.1) is 0 Å². The standard InChI is InChI=1S/C30H28ClN3O3S/c1-6-37-29(36)26-19(4)32-30-34(27(26)21-9-11-23(31)12-10-21)28(35)25(38-30)16-22-15-18(3)33(20(22)5)24-13-7-17(2)8-14-24/h7-16,27H,6H2,1-5H3/t27-/m1/s1. The molecule has 8 heteroatoms. The van der Waals surface area contributed by atoms with Crippen molar-refractivity contribution in [1.29, 1.82) is 0 Å². The number of carbonyl (C=O) groups is 1. The van der Waals surface area contributed by atoms with E-state index in [0.717, 1.165) is 28.2 Å². The van der Waals surface area contributed by atoms with Crippen LogP contribution in [0.25, 0.3) is 11.8 Å². The van der Waals surface area contributed by atoms with Crippen molar-refractivity contribution in [3.05, 3.63) is 119 Å². The summed E-state index contributed by atoms with van der Waals surface area (Å²) in [6.07, 6.45) is 1.92. The minimum Gasteiger partial charge on any atom is -0.463 e. The third kappa shape index (κ3) is 4.57. The highest BCUT2D eigenvalue weighted by atomic mass is 35.5. The third-order valence-corrected chi connectivity index (χ3v) is 7.99. The first-order valence-electron chi connectivity index (χ1n) is 12.4. The summed E-state index contributed by atoms with van der Waals surface area (Å²) in [4.78, 5) is 32.1. The van der Waals surface area contributed by atoms with E-state index in [4.69, 9.17) is 16.3 Å². The molecule has 3 heterocycles. The van der Waals surface area contributed by atoms with Crippen LogP contribution in [0.15, 0.2) is 75.7 Å². The molecule has 0 saturated carbocycles. The van der Waals surface area contributed by atoms with Crippen molar-refractivity contribution < 1.29 is 9.53 Å². The topological polar surface area (TPSA) is 65.6 Å². The van der Waals surface area contributed by atoms with Crippen molar-refractivity contribution in [3.8, 4) is 5.69 Å². The van der Waals surface area contributed by atoms with Gasteiger partial charge in [-0.25, -0.2) is 9.79 Å². The zero-order chi connectivity index (χ0) is 27.1. The van der Waals surface area contributed by atoms with E-state index in [1.807, 2.05) is 18.2 Å². The molecule has 194 valence electrons. The minimum atomic E-state index is -0.662. The Morgan fingerprint density at radius 2 is 1.76 bits per heavy atom. The molecule has 1 aliphatic heterocycles. The zero-order valence-corrected chi connectivity index (χ0v) is 23.5. The molecule has 6 nitrogen and oxygen atoms in total. The number of allylic oxidation sites excluding steroid dienone is 1. The number of aryl methyl sites for hydroxylation is 2. The van der Waals surface area contributed by atoms with E-state index in [9.17, 15) is 9.59 Å². The van der Waals surface area contributed by atoms with Gasteiger partial charge in [-0.2, -0.15) is 0 Å². The van der Waals surface area contributed by atoms with Crippen LogP contribution in [-0.2, 0) is 9.53 Å². The molecule has 2 aromatic heterocycles. The lowest BCUT2D eigenvalue weighted by molar-refractivity contribution is -0.139. The van der Waals surface area contributed by atoms with Gasteiger partial charge >= 0.3 is 5.97 Å². The van der Waals surface area contributed by atoms with Gasteiger partial charge in [0.05, 0.1) is 28.5 Å². The fraction of sp³-hybridized carbons (Fsp3) is 0.233. The van der Waals surface area contributed by atoms with Crippen LogP contribution in [0.2, 0.25) is 5.02 Å². The fourth-order valence-corrected chi connectivity index (χ4v) is 6.08. The number of esters is 1. The Bertz CT molecular complexity index is 1760. The van der Waals surface area contributed by atoms with E-state index < -0.39 is 12.0 Å². The van der Waals surface area contributed by atoms with E-state index >= 15 is 0 Å². The van der Waals surface area contributed by atoms with Gasteiger partial charge in [-0.1, -0.05) is 52.8 Å². The van der Waals surface area contributed by atoms with E-state index in [1.54, 1.807) is 30.5 Å². The second kappa shape index (κ2) is 10.2. The summed E-state index contributed by atoms with van der Waals surface area (Å²) in [5.41, 5.74) is 6.78. The molecule has 0 radical (unpaired) electrons. The average Bonchev–Trinajstić information content (AvgIpc) is 3.34. The molecular formula is C30H28ClN3O3S. The van der Waals surface area contributed by atoms with E-state index in [-0.39, 0.29) is 12.2 Å². The number of rotatable bonds is 5. The zero-order valence-electron chi connectivity index (χ0n) is 21.9. The predicted octanol–water partition coefficient (Wildman–Crippen LogP) is 5.17. The fourth-order valence-electron chi connectivity index (χ4n) is 4.92. The highest BCUT2D eigenvalue weighted by molar-refractivity contribution is 7.07. The summed E-state index contributed by atoms with van der Waals surface area (Å²) in [6, 6.07) is 17.0. The Balaban J connectivity index is 1.68. The number of benzene rings is 2. The van der Waals surface area contributed by atoms with Crippen molar-refractivity contribution in [2.24, 2.45) is 4.99 Å². The quantitative estimate of drug-likeness (QED) is 0.325. The second-order valence-corrected chi connectivity index (χ2v) is 10.8. The Kier molecular flexibility index (Phi) is 6.99. The lowest BCUT2D eigenvalue weighted by Crippen LogP contribution is -2.39. The number of halogens is 1. The maximum absolute atomic E-state index is 13.9. The number of hydrogen-bond donors (Lipinski definition) is 0. The number of fused-ring (bicyclic) bond motifs is 1. The molecule has 2 aromatic carbocycles. The van der Waals surface area contributed by atoms with Crippen LogP contribution in [0.3, 0.4) is 0 Å². The molecule has 0 N–H and O–H groups in total. The molecule has 0 bridgehead atoms. The van der Waals surface area contributed by atoms with Crippen molar-refractivity contribution in [1.82, 2.24) is 9.13 Å². The first-order chi connectivity index (χ1) is 18.2. The van der Waals surface area contributed by atoms with Crippen LogP contribution in [-0.4, -0.2) is 21.7 Å². The van der Waals surface area contributed by atoms with Gasteiger partial charge in [0.25, 0.3) is 5.56 Å². The summed E-state index contributed by atoms with van der Waals surface area (Å²) in [6.45, 7) is 9.94. The monoisotopic (exact) mass is 545 g/mol. The van der Waals surface area contributed by atoms with Crippen LogP contribution in [0.4, 0.5) is 0 Å². The van der Waals surface area contributed by atoms with Gasteiger partial charge in [0.1, 0.15) is 0 Å². The van der Waals surface area contributed by atoms with Crippen molar-refractivity contribution in [2.75, 3.05) is 6.61 Å². The van der Waals surface area contributed by atoms with Gasteiger partial charge in [0.2, 0.25) is 0 Å². The van der Waals surface area contributed by atoms with Crippen LogP contribution >= 0.6 is 22.9 Å². The predicted molar refractivity (Wildman–Crippen MR) is 152 cm³/mol. The molecule has 0 fully saturated rings. The largest absolute Gasteiger partial charge is 0.463 e. The number of thiazole rings is 1. The van der Waals surface area contributed by atoms with Gasteiger partial charge in [0.15, 0.2) is 4.80 Å². The van der Waals surface area contributed by atoms with Crippen molar-refractivity contribution >= 4 is 35.0 Å². The Morgan fingerprint density at radius 1 is 1.08 bits per heavy atom. The van der Waals surface area contributed by atoms with Crippen LogP contribution < -0.4 is 14.9 Å². The third-order valence-electron chi connectivity index (χ3n) is 6.75. The Labute approximate surface area is 229 Å². The molecule has 0 amide bonds. The average molecular weight is 546 g/mol. The smallest absolute Gasteiger partial charge is 0.338 e. The molecule has 0 aliphatic carbocycles. The summed E-state index contributed by atoms with van der Waals surface area (Å²) < 4.78 is 9.68. The van der Waals surface area contributed by atoms with Crippen LogP contribution in [0.5, 0.6) is 0 Å². The molecule has 38 heavy (non-hydrogen) atoms. The molecule has 1 atom stereocenters. The highest BCUT2D eigenvalue weighted by Crippen LogP contribution is 2.31. The summed E-state index contributed by atoms with van der Waals surface area (Å²) in [5.74, 6) is -0.482. The summed E-state index contributed by atoms with van der Waals surface area (Å²) in [7, 11) is 0. The van der Waals surface area contributed by atoms with E-state index in [0.29, 0.717) is 25.6 Å². The van der Waals surface area contributed by atoms with Gasteiger partial charge in [-0.3, -0.25) is 9.36 Å². The van der Waals surface area contributed by atoms with Crippen LogP contribution in [0, 0.1) is 20.8 Å². The Hall–Kier alpha value is -3.68. The molecular weight excluding hydrogens is 518 g/mol. The lowest BCUT2D eigenvalue weighted by atomic mass is 9.96. The molecule has 0 spiro atoms. The molecule has 1 aliphatic rings. The SMILES string of the molecule is CCOC(=O)C1=C(C)N=c2sc(=Cc3cc(C)n(-c4ccc(C)cc4)c3C)c(=O)n2[C@@H]1c1ccc(Cl)cc1. The van der Waals surface area contributed by atoms with Crippen molar-refractivity contribution in [3.63, 3.8) is 0 Å². The van der Waals surface area contributed by atoms with Crippen LogP contribution in [0.1, 0.15) is 48.0 Å². The number of ether oxygens (including phenoxy) is 1. The Morgan fingerprint density at radius 3 is 2.42 bits per heavy atom. The van der Waals surface area contributed by atoms with Gasteiger partial charge < -0.3 is 9.30 Å². The molecule has 0 saturated heterocycles. The number of nitrogens with zero attached hydrogens (tertiary/aromatic N) is 3. The number of hydrogen-bond acceptors (Lipinski definition) is 5. The maximum atomic E-state index is 13.9. The van der Waals surface area contributed by atoms with E-state index in [2.05, 4.69) is 60.7 Å². The van der Waals surface area contributed by atoms with Gasteiger partial charge in [0, 0.05) is 22.1 Å². The molecule has 4 aromatic rings. The number of aromatic nitrogens is 2. The van der Waals surface area contributed by atoms with Crippen molar-refractivity contribution in [2.45, 2.75) is 40.7 Å². The highest BCUT2D eigenvalue weighted by Gasteiger charge is 2.33. The second-order valence-electron chi connectivity index (χ2n) is 9.35. The first kappa shape index (κ1) is 25.9. The number of carbonyl (C=O) groups excluding carboxylic acids is 1. The van der Waals surface area contributed by atoms with E-state index in [1.165, 1.54) is 16.9 Å². The molecule has 5 rings (SSSR count). The molecule has 0 unspecified atom stereocenters. The first-order valence-corrected chi connectivity index (χ1v) is 13.6. The minimum absolute atomic E-state index is 0.205. The van der Waals surface area contributed by atoms with Gasteiger partial charge in [-0.05, 0) is 82.2 Å². The lowest BCUT2D eigenvalue weighted by Gasteiger charge is -2.24. The summed E-state index contributed by atoms with van der Waals surface area (Å²) >= 11 is 7.46.